The second-order valence-electron chi connectivity index (χ2n) is 6.16. The molecule has 0 atom stereocenters. The van der Waals surface area contributed by atoms with Gasteiger partial charge in [0.1, 0.15) is 0 Å². The SMILES string of the molecule is CCCCCCCCCCCCOS(=O)(=O)OCc1ccccc1.[H-].[Na+]. The van der Waals surface area contributed by atoms with Crippen molar-refractivity contribution < 1.29 is 47.8 Å². The standard InChI is InChI=1S/C19H32O4S.Na.H/c1-2-3-4-5-6-7-8-9-10-14-17-22-24(20,21)23-18-19-15-12-11-13-16-19;;/h11-13,15-16H,2-10,14,17-18H2,1H3;;/q;+1;-1. The first kappa shape index (κ1) is 25.1. The van der Waals surface area contributed by atoms with Crippen molar-refractivity contribution in [2.24, 2.45) is 0 Å². The van der Waals surface area contributed by atoms with Gasteiger partial charge in [-0.2, -0.15) is 8.42 Å². The van der Waals surface area contributed by atoms with Gasteiger partial charge in [-0.1, -0.05) is 95.0 Å². The average molecular weight is 381 g/mol. The number of unbranched alkanes of at least 4 members (excludes halogenated alkanes) is 9. The molecule has 0 aliphatic heterocycles. The van der Waals surface area contributed by atoms with Crippen LogP contribution in [0, 0.1) is 0 Å². The summed E-state index contributed by atoms with van der Waals surface area (Å²) in [6.07, 6.45) is 12.1. The molecule has 0 aromatic heterocycles. The summed E-state index contributed by atoms with van der Waals surface area (Å²) in [5.41, 5.74) is 0.809. The Kier molecular flexibility index (Phi) is 16.3. The molecule has 0 saturated heterocycles. The summed E-state index contributed by atoms with van der Waals surface area (Å²) in [7, 11) is -3.89. The van der Waals surface area contributed by atoms with Crippen molar-refractivity contribution in [3.8, 4) is 0 Å². The Morgan fingerprint density at radius 1 is 0.800 bits per heavy atom. The molecule has 0 bridgehead atoms. The van der Waals surface area contributed by atoms with Crippen molar-refractivity contribution in [2.45, 2.75) is 77.7 Å². The molecule has 1 aromatic carbocycles. The maximum absolute atomic E-state index is 11.6. The Labute approximate surface area is 177 Å². The van der Waals surface area contributed by atoms with Crippen LogP contribution in [-0.4, -0.2) is 15.0 Å². The van der Waals surface area contributed by atoms with Crippen LogP contribution >= 0.6 is 0 Å². The molecule has 6 heteroatoms. The van der Waals surface area contributed by atoms with Crippen LogP contribution in [-0.2, 0) is 25.4 Å². The van der Waals surface area contributed by atoms with Gasteiger partial charge in [-0.15, -0.1) is 0 Å². The maximum atomic E-state index is 11.6. The molecule has 0 amide bonds. The first-order valence-corrected chi connectivity index (χ1v) is 10.5. The molecule has 0 saturated carbocycles. The summed E-state index contributed by atoms with van der Waals surface area (Å²) < 4.78 is 33.0. The van der Waals surface area contributed by atoms with Gasteiger partial charge in [0.25, 0.3) is 0 Å². The van der Waals surface area contributed by atoms with Crippen LogP contribution < -0.4 is 29.6 Å². The second-order valence-corrected chi connectivity index (χ2v) is 7.45. The van der Waals surface area contributed by atoms with E-state index >= 15 is 0 Å². The zero-order chi connectivity index (χ0) is 17.5. The Hall–Kier alpha value is 0.0900. The number of rotatable bonds is 15. The minimum absolute atomic E-state index is 0. The predicted molar refractivity (Wildman–Crippen MR) is 99.1 cm³/mol. The molecule has 1 aromatic rings. The number of benzene rings is 1. The Morgan fingerprint density at radius 3 is 1.88 bits per heavy atom. The van der Waals surface area contributed by atoms with Crippen molar-refractivity contribution in [2.75, 3.05) is 6.61 Å². The van der Waals surface area contributed by atoms with Crippen molar-refractivity contribution in [1.82, 2.24) is 0 Å². The van der Waals surface area contributed by atoms with Crippen LogP contribution in [0.3, 0.4) is 0 Å². The molecule has 0 fully saturated rings. The minimum Gasteiger partial charge on any atom is -1.00 e. The van der Waals surface area contributed by atoms with Gasteiger partial charge in [-0.25, -0.2) is 8.37 Å². The predicted octanol–water partition coefficient (Wildman–Crippen LogP) is 2.50. The molecule has 1 rings (SSSR count). The fourth-order valence-corrected chi connectivity index (χ4v) is 3.17. The maximum Gasteiger partial charge on any atom is 1.00 e. The number of hydrogen-bond donors (Lipinski definition) is 0. The first-order chi connectivity index (χ1) is 11.6. The molecule has 4 nitrogen and oxygen atoms in total. The monoisotopic (exact) mass is 380 g/mol. The molecular weight excluding hydrogens is 347 g/mol. The van der Waals surface area contributed by atoms with E-state index in [9.17, 15) is 8.42 Å². The summed E-state index contributed by atoms with van der Waals surface area (Å²) in [6.45, 7) is 2.45. The third-order valence-corrected chi connectivity index (χ3v) is 4.80. The van der Waals surface area contributed by atoms with Crippen molar-refractivity contribution in [1.29, 1.82) is 0 Å². The summed E-state index contributed by atoms with van der Waals surface area (Å²) in [5.74, 6) is 0. The molecular formula is C19H33NaO4S. The Morgan fingerprint density at radius 2 is 1.32 bits per heavy atom. The van der Waals surface area contributed by atoms with Crippen LogP contribution in [0.2, 0.25) is 0 Å². The molecule has 0 aliphatic carbocycles. The molecule has 140 valence electrons. The van der Waals surface area contributed by atoms with E-state index in [2.05, 4.69) is 6.92 Å². The van der Waals surface area contributed by atoms with Crippen LogP contribution in [0.5, 0.6) is 0 Å². The largest absolute Gasteiger partial charge is 1.00 e. The van der Waals surface area contributed by atoms with Crippen molar-refractivity contribution >= 4 is 10.4 Å². The topological polar surface area (TPSA) is 52.6 Å². The molecule has 0 aliphatic rings. The quantitative estimate of drug-likeness (QED) is 0.347. The van der Waals surface area contributed by atoms with Gasteiger partial charge >= 0.3 is 40.0 Å². The average Bonchev–Trinajstić information content (AvgIpc) is 2.59. The third kappa shape index (κ3) is 14.9. The van der Waals surface area contributed by atoms with Crippen LogP contribution in [0.1, 0.15) is 78.1 Å². The molecule has 0 N–H and O–H groups in total. The molecule has 0 heterocycles. The van der Waals surface area contributed by atoms with E-state index in [0.29, 0.717) is 0 Å². The van der Waals surface area contributed by atoms with E-state index in [-0.39, 0.29) is 44.2 Å². The van der Waals surface area contributed by atoms with Gasteiger partial charge in [-0.3, -0.25) is 0 Å². The Bertz CT molecular complexity index is 512. The normalized spacial score (nSPS) is 11.2. The van der Waals surface area contributed by atoms with E-state index in [4.69, 9.17) is 8.37 Å². The summed E-state index contributed by atoms with van der Waals surface area (Å²) in [6, 6.07) is 9.20. The van der Waals surface area contributed by atoms with Crippen LogP contribution in [0.4, 0.5) is 0 Å². The van der Waals surface area contributed by atoms with Gasteiger partial charge in [0.05, 0.1) is 13.2 Å². The van der Waals surface area contributed by atoms with Crippen molar-refractivity contribution in [3.63, 3.8) is 0 Å². The van der Waals surface area contributed by atoms with Gasteiger partial charge in [-0.05, 0) is 12.0 Å². The van der Waals surface area contributed by atoms with E-state index in [1.807, 2.05) is 30.3 Å². The van der Waals surface area contributed by atoms with E-state index in [0.717, 1.165) is 24.8 Å². The first-order valence-electron chi connectivity index (χ1n) is 9.22. The van der Waals surface area contributed by atoms with Crippen LogP contribution in [0.25, 0.3) is 0 Å². The van der Waals surface area contributed by atoms with Gasteiger partial charge in [0.15, 0.2) is 0 Å². The molecule has 25 heavy (non-hydrogen) atoms. The Balaban J connectivity index is 0. The zero-order valence-corrected chi connectivity index (χ0v) is 18.7. The summed E-state index contributed by atoms with van der Waals surface area (Å²) in [4.78, 5) is 0. The van der Waals surface area contributed by atoms with Gasteiger partial charge in [0, 0.05) is 0 Å². The van der Waals surface area contributed by atoms with E-state index in [1.165, 1.54) is 44.9 Å². The van der Waals surface area contributed by atoms with Crippen LogP contribution in [0.15, 0.2) is 30.3 Å². The summed E-state index contributed by atoms with van der Waals surface area (Å²) in [5, 5.41) is 0. The van der Waals surface area contributed by atoms with Gasteiger partial charge < -0.3 is 1.43 Å². The molecule has 0 spiro atoms. The fourth-order valence-electron chi connectivity index (χ4n) is 2.50. The molecule has 0 radical (unpaired) electrons. The van der Waals surface area contributed by atoms with E-state index < -0.39 is 10.4 Å². The summed E-state index contributed by atoms with van der Waals surface area (Å²) >= 11 is 0. The van der Waals surface area contributed by atoms with Gasteiger partial charge in [0.2, 0.25) is 0 Å². The fraction of sp³-hybridized carbons (Fsp3) is 0.684. The second kappa shape index (κ2) is 16.3. The molecule has 0 unspecified atom stereocenters. The zero-order valence-electron chi connectivity index (χ0n) is 16.9. The third-order valence-electron chi connectivity index (χ3n) is 3.94. The number of hydrogen-bond acceptors (Lipinski definition) is 4. The van der Waals surface area contributed by atoms with Crippen molar-refractivity contribution in [3.05, 3.63) is 35.9 Å². The van der Waals surface area contributed by atoms with E-state index in [1.54, 1.807) is 0 Å². The smallest absolute Gasteiger partial charge is 1.00 e. The minimum atomic E-state index is -3.89.